The van der Waals surface area contributed by atoms with Crippen LogP contribution in [0.4, 0.5) is 5.69 Å². The summed E-state index contributed by atoms with van der Waals surface area (Å²) in [7, 11) is 1.81. The molecule has 168 valence electrons. The van der Waals surface area contributed by atoms with Gasteiger partial charge in [0.15, 0.2) is 0 Å². The molecule has 0 bridgehead atoms. The first-order valence-corrected chi connectivity index (χ1v) is 11.0. The molecule has 1 heterocycles. The van der Waals surface area contributed by atoms with Crippen molar-refractivity contribution in [2.75, 3.05) is 38.3 Å². The third kappa shape index (κ3) is 5.51. The maximum absolute atomic E-state index is 13.2. The highest BCUT2D eigenvalue weighted by Gasteiger charge is 2.18. The number of benzene rings is 3. The number of para-hydroxylation sites is 1. The van der Waals surface area contributed by atoms with Gasteiger partial charge in [0.1, 0.15) is 12.4 Å². The van der Waals surface area contributed by atoms with Crippen LogP contribution in [0.1, 0.15) is 27.0 Å². The molecular formula is C27H27N3O3. The molecule has 3 aromatic rings. The van der Waals surface area contributed by atoms with Crippen LogP contribution in [0.15, 0.2) is 72.8 Å². The standard InChI is InChI=1S/C27H27N3O3/c1-29(19-23-8-4-5-12-26(23)30-13-15-32-16-14-30)27(31)21-10-6-11-25(17-21)33-20-24-9-3-2-7-22(24)18-28/h2-12,17H,13-16,19-20H2,1H3. The van der Waals surface area contributed by atoms with Crippen molar-refractivity contribution in [3.8, 4) is 11.8 Å². The van der Waals surface area contributed by atoms with Gasteiger partial charge in [-0.05, 0) is 35.9 Å². The summed E-state index contributed by atoms with van der Waals surface area (Å²) in [6, 6.07) is 24.9. The number of nitriles is 1. The molecular weight excluding hydrogens is 414 g/mol. The average Bonchev–Trinajstić information content (AvgIpc) is 2.88. The minimum atomic E-state index is -0.0744. The van der Waals surface area contributed by atoms with E-state index in [0.717, 1.165) is 43.1 Å². The minimum Gasteiger partial charge on any atom is -0.489 e. The summed E-state index contributed by atoms with van der Waals surface area (Å²) in [6.07, 6.45) is 0. The molecule has 33 heavy (non-hydrogen) atoms. The molecule has 0 unspecified atom stereocenters. The zero-order valence-corrected chi connectivity index (χ0v) is 18.7. The Morgan fingerprint density at radius 3 is 2.55 bits per heavy atom. The lowest BCUT2D eigenvalue weighted by Crippen LogP contribution is -2.37. The number of carbonyl (C=O) groups is 1. The predicted octanol–water partition coefficient (Wildman–Crippen LogP) is 4.25. The quantitative estimate of drug-likeness (QED) is 0.549. The van der Waals surface area contributed by atoms with Crippen LogP contribution < -0.4 is 9.64 Å². The number of morpholine rings is 1. The Balaban J connectivity index is 1.44. The van der Waals surface area contributed by atoms with E-state index in [2.05, 4.69) is 23.1 Å². The van der Waals surface area contributed by atoms with E-state index in [0.29, 0.717) is 23.4 Å². The highest BCUT2D eigenvalue weighted by atomic mass is 16.5. The molecule has 0 spiro atoms. The van der Waals surface area contributed by atoms with Crippen LogP contribution in [0.2, 0.25) is 0 Å². The summed E-state index contributed by atoms with van der Waals surface area (Å²) in [4.78, 5) is 17.2. The zero-order chi connectivity index (χ0) is 23.0. The average molecular weight is 442 g/mol. The second-order valence-corrected chi connectivity index (χ2v) is 7.97. The van der Waals surface area contributed by atoms with E-state index in [1.807, 2.05) is 49.5 Å². The summed E-state index contributed by atoms with van der Waals surface area (Å²) in [6.45, 7) is 3.91. The summed E-state index contributed by atoms with van der Waals surface area (Å²) in [5.41, 5.74) is 4.22. The molecule has 0 N–H and O–H groups in total. The highest BCUT2D eigenvalue weighted by molar-refractivity contribution is 5.94. The van der Waals surface area contributed by atoms with Crippen LogP contribution in [0.3, 0.4) is 0 Å². The molecule has 1 aliphatic rings. The van der Waals surface area contributed by atoms with Crippen molar-refractivity contribution in [1.82, 2.24) is 4.90 Å². The second-order valence-electron chi connectivity index (χ2n) is 7.97. The Kier molecular flexibility index (Phi) is 7.23. The van der Waals surface area contributed by atoms with Gasteiger partial charge in [0.2, 0.25) is 0 Å². The van der Waals surface area contributed by atoms with Crippen molar-refractivity contribution in [1.29, 1.82) is 5.26 Å². The van der Waals surface area contributed by atoms with E-state index < -0.39 is 0 Å². The van der Waals surface area contributed by atoms with Gasteiger partial charge in [-0.2, -0.15) is 5.26 Å². The van der Waals surface area contributed by atoms with E-state index in [9.17, 15) is 10.1 Å². The lowest BCUT2D eigenvalue weighted by molar-refractivity contribution is 0.0784. The van der Waals surface area contributed by atoms with Gasteiger partial charge >= 0.3 is 0 Å². The number of carbonyl (C=O) groups excluding carboxylic acids is 1. The van der Waals surface area contributed by atoms with Gasteiger partial charge in [-0.25, -0.2) is 0 Å². The Morgan fingerprint density at radius 2 is 1.76 bits per heavy atom. The Morgan fingerprint density at radius 1 is 1.03 bits per heavy atom. The molecule has 1 saturated heterocycles. The smallest absolute Gasteiger partial charge is 0.254 e. The van der Waals surface area contributed by atoms with Crippen LogP contribution in [-0.2, 0) is 17.9 Å². The maximum atomic E-state index is 13.2. The molecule has 6 heteroatoms. The normalized spacial score (nSPS) is 13.3. The van der Waals surface area contributed by atoms with Crippen molar-refractivity contribution in [2.24, 2.45) is 0 Å². The maximum Gasteiger partial charge on any atom is 0.254 e. The van der Waals surface area contributed by atoms with E-state index >= 15 is 0 Å². The largest absolute Gasteiger partial charge is 0.489 e. The second kappa shape index (κ2) is 10.7. The van der Waals surface area contributed by atoms with Gasteiger partial charge in [0.05, 0.1) is 24.8 Å². The van der Waals surface area contributed by atoms with Crippen molar-refractivity contribution < 1.29 is 14.3 Å². The molecule has 0 atom stereocenters. The van der Waals surface area contributed by atoms with Crippen molar-refractivity contribution >= 4 is 11.6 Å². The fourth-order valence-corrected chi connectivity index (χ4v) is 3.94. The van der Waals surface area contributed by atoms with Gasteiger partial charge in [0, 0.05) is 43.5 Å². The number of ether oxygens (including phenoxy) is 2. The first kappa shape index (κ1) is 22.4. The first-order chi connectivity index (χ1) is 16.2. The van der Waals surface area contributed by atoms with Gasteiger partial charge in [-0.15, -0.1) is 0 Å². The lowest BCUT2D eigenvalue weighted by atomic mass is 10.1. The number of rotatable bonds is 7. The molecule has 0 aromatic heterocycles. The fraction of sp³-hybridized carbons (Fsp3) is 0.259. The molecule has 0 aliphatic carbocycles. The van der Waals surface area contributed by atoms with Crippen LogP contribution in [0.5, 0.6) is 5.75 Å². The predicted molar refractivity (Wildman–Crippen MR) is 127 cm³/mol. The molecule has 6 nitrogen and oxygen atoms in total. The van der Waals surface area contributed by atoms with Gasteiger partial charge in [0.25, 0.3) is 5.91 Å². The first-order valence-electron chi connectivity index (χ1n) is 11.0. The third-order valence-corrected chi connectivity index (χ3v) is 5.71. The van der Waals surface area contributed by atoms with Crippen molar-refractivity contribution in [3.63, 3.8) is 0 Å². The van der Waals surface area contributed by atoms with Crippen LogP contribution in [-0.4, -0.2) is 44.2 Å². The van der Waals surface area contributed by atoms with Gasteiger partial charge < -0.3 is 19.3 Å². The molecule has 1 amide bonds. The summed E-state index contributed by atoms with van der Waals surface area (Å²) in [5.74, 6) is 0.519. The molecule has 0 saturated carbocycles. The van der Waals surface area contributed by atoms with Crippen LogP contribution in [0, 0.1) is 11.3 Å². The van der Waals surface area contributed by atoms with E-state index in [-0.39, 0.29) is 12.5 Å². The number of hydrogen-bond donors (Lipinski definition) is 0. The number of hydrogen-bond acceptors (Lipinski definition) is 5. The monoisotopic (exact) mass is 441 g/mol. The fourth-order valence-electron chi connectivity index (χ4n) is 3.94. The van der Waals surface area contributed by atoms with Crippen LogP contribution in [0.25, 0.3) is 0 Å². The molecule has 4 rings (SSSR count). The topological polar surface area (TPSA) is 65.8 Å². The molecule has 1 fully saturated rings. The third-order valence-electron chi connectivity index (χ3n) is 5.71. The van der Waals surface area contributed by atoms with Gasteiger partial charge in [-0.1, -0.05) is 42.5 Å². The lowest BCUT2D eigenvalue weighted by Gasteiger charge is -2.31. The molecule has 3 aromatic carbocycles. The number of amides is 1. The van der Waals surface area contributed by atoms with Crippen molar-refractivity contribution in [2.45, 2.75) is 13.2 Å². The number of nitrogens with zero attached hydrogens (tertiary/aromatic N) is 3. The van der Waals surface area contributed by atoms with E-state index in [1.54, 1.807) is 23.1 Å². The Hall–Kier alpha value is -3.82. The Labute approximate surface area is 194 Å². The Bertz CT molecular complexity index is 1150. The van der Waals surface area contributed by atoms with Crippen LogP contribution >= 0.6 is 0 Å². The summed E-state index contributed by atoms with van der Waals surface area (Å²) < 4.78 is 11.4. The van der Waals surface area contributed by atoms with E-state index in [1.165, 1.54) is 0 Å². The van der Waals surface area contributed by atoms with Crippen molar-refractivity contribution in [3.05, 3.63) is 95.1 Å². The molecule has 0 radical (unpaired) electrons. The van der Waals surface area contributed by atoms with Gasteiger partial charge in [-0.3, -0.25) is 4.79 Å². The van der Waals surface area contributed by atoms with E-state index in [4.69, 9.17) is 9.47 Å². The zero-order valence-electron chi connectivity index (χ0n) is 18.7. The minimum absolute atomic E-state index is 0.0744. The number of anilines is 1. The summed E-state index contributed by atoms with van der Waals surface area (Å²) in [5, 5.41) is 9.25. The highest BCUT2D eigenvalue weighted by Crippen LogP contribution is 2.24. The SMILES string of the molecule is CN(Cc1ccccc1N1CCOCC1)C(=O)c1cccc(OCc2ccccc2C#N)c1. The molecule has 1 aliphatic heterocycles. The summed E-state index contributed by atoms with van der Waals surface area (Å²) >= 11 is 0.